The molecule has 0 atom stereocenters. The van der Waals surface area contributed by atoms with Crippen LogP contribution in [0.4, 0.5) is 0 Å². The molecular weight excluding hydrogens is 505 g/mol. The van der Waals surface area contributed by atoms with Crippen LogP contribution in [-0.4, -0.2) is 64.3 Å². The normalized spacial score (nSPS) is 13.9. The van der Waals surface area contributed by atoms with E-state index in [2.05, 4.69) is 56.6 Å². The second-order valence-corrected chi connectivity index (χ2v) is 7.45. The van der Waals surface area contributed by atoms with Gasteiger partial charge in [0.05, 0.1) is 0 Å². The number of guanidine groups is 1. The number of hydrogen-bond donors (Lipinski definition) is 2. The predicted molar refractivity (Wildman–Crippen MR) is 134 cm³/mol. The standard InChI is InChI=1S/C22H33N7O.HI/c1-2-20-27-26-18-29(20)17-14-25-22(24-13-11-19-8-4-3-5-9-19)23-12-7-16-28-15-6-10-21(28)30;/h3-5,8-9,18H,2,6-7,10-17H2,1H3,(H2,23,24,25);1H. The summed E-state index contributed by atoms with van der Waals surface area (Å²) < 4.78 is 2.06. The molecule has 9 heteroatoms. The first-order chi connectivity index (χ1) is 14.8. The van der Waals surface area contributed by atoms with Gasteiger partial charge >= 0.3 is 0 Å². The summed E-state index contributed by atoms with van der Waals surface area (Å²) in [5.41, 5.74) is 1.30. The second kappa shape index (κ2) is 14.0. The number of carbonyl (C=O) groups excluding carboxylic acids is 1. The Morgan fingerprint density at radius 2 is 1.97 bits per heavy atom. The zero-order valence-electron chi connectivity index (χ0n) is 18.3. The number of aromatic nitrogens is 3. The number of aryl methyl sites for hydroxylation is 1. The maximum atomic E-state index is 11.7. The second-order valence-electron chi connectivity index (χ2n) is 7.45. The van der Waals surface area contributed by atoms with Gasteiger partial charge in [-0.1, -0.05) is 37.3 Å². The van der Waals surface area contributed by atoms with E-state index in [1.807, 2.05) is 11.0 Å². The SMILES string of the molecule is CCc1nncn1CCNC(=NCCCN1CCCC1=O)NCCc1ccccc1.I. The van der Waals surface area contributed by atoms with Gasteiger partial charge in [-0.2, -0.15) is 0 Å². The number of amides is 1. The summed E-state index contributed by atoms with van der Waals surface area (Å²) >= 11 is 0. The zero-order valence-corrected chi connectivity index (χ0v) is 20.6. The Morgan fingerprint density at radius 3 is 2.71 bits per heavy atom. The molecule has 1 aromatic carbocycles. The molecule has 0 bridgehead atoms. The van der Waals surface area contributed by atoms with Crippen molar-refractivity contribution in [2.24, 2.45) is 4.99 Å². The Bertz CT molecular complexity index is 809. The number of benzene rings is 1. The van der Waals surface area contributed by atoms with Crippen molar-refractivity contribution in [3.05, 3.63) is 48.0 Å². The van der Waals surface area contributed by atoms with E-state index in [9.17, 15) is 4.79 Å². The molecular formula is C22H34IN7O. The Labute approximate surface area is 201 Å². The zero-order chi connectivity index (χ0) is 21.0. The van der Waals surface area contributed by atoms with Gasteiger partial charge in [-0.05, 0) is 24.8 Å². The molecule has 0 radical (unpaired) electrons. The Kier molecular flexibility index (Phi) is 11.3. The molecule has 2 aromatic rings. The minimum absolute atomic E-state index is 0. The number of halogens is 1. The molecule has 2 N–H and O–H groups in total. The third-order valence-electron chi connectivity index (χ3n) is 5.23. The van der Waals surface area contributed by atoms with Crippen LogP contribution in [0.3, 0.4) is 0 Å². The lowest BCUT2D eigenvalue weighted by Crippen LogP contribution is -2.40. The molecule has 0 saturated carbocycles. The van der Waals surface area contributed by atoms with Crippen LogP contribution in [0.15, 0.2) is 41.7 Å². The molecule has 3 rings (SSSR count). The summed E-state index contributed by atoms with van der Waals surface area (Å²) in [6.45, 7) is 6.80. The molecule has 2 heterocycles. The van der Waals surface area contributed by atoms with E-state index in [1.54, 1.807) is 6.33 Å². The molecule has 31 heavy (non-hydrogen) atoms. The van der Waals surface area contributed by atoms with Gasteiger partial charge in [0, 0.05) is 52.1 Å². The molecule has 1 aromatic heterocycles. The number of carbonyl (C=O) groups is 1. The molecule has 1 aliphatic heterocycles. The van der Waals surface area contributed by atoms with E-state index in [0.29, 0.717) is 13.0 Å². The summed E-state index contributed by atoms with van der Waals surface area (Å²) in [4.78, 5) is 18.4. The average Bonchev–Trinajstić information content (AvgIpc) is 3.40. The third-order valence-corrected chi connectivity index (χ3v) is 5.23. The summed E-state index contributed by atoms with van der Waals surface area (Å²) in [5.74, 6) is 2.08. The Hall–Kier alpha value is -2.17. The highest BCUT2D eigenvalue weighted by atomic mass is 127. The summed E-state index contributed by atoms with van der Waals surface area (Å²) in [6.07, 6.45) is 6.13. The molecule has 1 fully saturated rings. The first kappa shape index (κ1) is 25.1. The highest BCUT2D eigenvalue weighted by Crippen LogP contribution is 2.09. The van der Waals surface area contributed by atoms with Crippen molar-refractivity contribution < 1.29 is 4.79 Å². The van der Waals surface area contributed by atoms with Crippen molar-refractivity contribution in [3.63, 3.8) is 0 Å². The van der Waals surface area contributed by atoms with Crippen molar-refractivity contribution in [3.8, 4) is 0 Å². The smallest absolute Gasteiger partial charge is 0.222 e. The number of rotatable bonds is 11. The van der Waals surface area contributed by atoms with Gasteiger partial charge in [0.25, 0.3) is 0 Å². The molecule has 170 valence electrons. The summed E-state index contributed by atoms with van der Waals surface area (Å²) in [5, 5.41) is 15.0. The molecule has 1 aliphatic rings. The number of nitrogens with zero attached hydrogens (tertiary/aromatic N) is 5. The lowest BCUT2D eigenvalue weighted by atomic mass is 10.1. The number of aliphatic imine (C=N–C) groups is 1. The van der Waals surface area contributed by atoms with Gasteiger partial charge in [-0.15, -0.1) is 34.2 Å². The Balaban J connectivity index is 0.00000341. The fraction of sp³-hybridized carbons (Fsp3) is 0.545. The highest BCUT2D eigenvalue weighted by Gasteiger charge is 2.18. The van der Waals surface area contributed by atoms with E-state index < -0.39 is 0 Å². The van der Waals surface area contributed by atoms with Gasteiger partial charge in [-0.3, -0.25) is 9.79 Å². The Morgan fingerprint density at radius 1 is 1.16 bits per heavy atom. The van der Waals surface area contributed by atoms with Crippen LogP contribution in [0.25, 0.3) is 0 Å². The predicted octanol–water partition coefficient (Wildman–Crippen LogP) is 2.25. The molecule has 1 amide bonds. The molecule has 0 unspecified atom stereocenters. The third kappa shape index (κ3) is 8.47. The van der Waals surface area contributed by atoms with Gasteiger partial charge in [-0.25, -0.2) is 0 Å². The van der Waals surface area contributed by atoms with Crippen molar-refractivity contribution in [2.75, 3.05) is 32.7 Å². The summed E-state index contributed by atoms with van der Waals surface area (Å²) in [7, 11) is 0. The highest BCUT2D eigenvalue weighted by molar-refractivity contribution is 14.0. The number of likely N-dealkylation sites (tertiary alicyclic amines) is 1. The van der Waals surface area contributed by atoms with E-state index in [0.717, 1.165) is 70.2 Å². The van der Waals surface area contributed by atoms with Crippen molar-refractivity contribution >= 4 is 35.8 Å². The van der Waals surface area contributed by atoms with Gasteiger partial charge in [0.2, 0.25) is 5.91 Å². The minimum atomic E-state index is 0. The van der Waals surface area contributed by atoms with Crippen LogP contribution >= 0.6 is 24.0 Å². The topological polar surface area (TPSA) is 87.4 Å². The van der Waals surface area contributed by atoms with Crippen LogP contribution in [-0.2, 0) is 24.2 Å². The number of nitrogens with one attached hydrogen (secondary N) is 2. The van der Waals surface area contributed by atoms with Crippen LogP contribution < -0.4 is 10.6 Å². The largest absolute Gasteiger partial charge is 0.356 e. The quantitative estimate of drug-likeness (QED) is 0.198. The first-order valence-corrected chi connectivity index (χ1v) is 11.0. The summed E-state index contributed by atoms with van der Waals surface area (Å²) in [6, 6.07) is 10.4. The van der Waals surface area contributed by atoms with Crippen LogP contribution in [0.5, 0.6) is 0 Å². The van der Waals surface area contributed by atoms with Crippen molar-refractivity contribution in [1.82, 2.24) is 30.3 Å². The van der Waals surface area contributed by atoms with Crippen LogP contribution in [0, 0.1) is 0 Å². The average molecular weight is 539 g/mol. The van der Waals surface area contributed by atoms with Crippen molar-refractivity contribution in [1.29, 1.82) is 0 Å². The molecule has 1 saturated heterocycles. The van der Waals surface area contributed by atoms with E-state index in [1.165, 1.54) is 5.56 Å². The van der Waals surface area contributed by atoms with E-state index >= 15 is 0 Å². The first-order valence-electron chi connectivity index (χ1n) is 11.0. The maximum Gasteiger partial charge on any atom is 0.222 e. The molecule has 0 spiro atoms. The van der Waals surface area contributed by atoms with Gasteiger partial charge in [0.15, 0.2) is 5.96 Å². The molecule has 0 aliphatic carbocycles. The maximum absolute atomic E-state index is 11.7. The lowest BCUT2D eigenvalue weighted by molar-refractivity contribution is -0.127. The van der Waals surface area contributed by atoms with Crippen LogP contribution in [0.1, 0.15) is 37.6 Å². The van der Waals surface area contributed by atoms with E-state index in [4.69, 9.17) is 4.99 Å². The monoisotopic (exact) mass is 539 g/mol. The van der Waals surface area contributed by atoms with Crippen LogP contribution in [0.2, 0.25) is 0 Å². The van der Waals surface area contributed by atoms with E-state index in [-0.39, 0.29) is 29.9 Å². The van der Waals surface area contributed by atoms with Gasteiger partial charge in [0.1, 0.15) is 12.2 Å². The minimum Gasteiger partial charge on any atom is -0.356 e. The molecule has 8 nitrogen and oxygen atoms in total. The van der Waals surface area contributed by atoms with Gasteiger partial charge < -0.3 is 20.1 Å². The fourth-order valence-electron chi connectivity index (χ4n) is 3.57. The van der Waals surface area contributed by atoms with Crippen molar-refractivity contribution in [2.45, 2.75) is 45.6 Å². The lowest BCUT2D eigenvalue weighted by Gasteiger charge is -2.16. The number of hydrogen-bond acceptors (Lipinski definition) is 4. The fourth-order valence-corrected chi connectivity index (χ4v) is 3.57.